The molecule has 3 N–H and O–H groups in total. The number of carbonyl (C=O) groups excluding carboxylic acids is 1. The lowest BCUT2D eigenvalue weighted by atomic mass is 9.93. The van der Waals surface area contributed by atoms with Crippen LogP contribution in [0.1, 0.15) is 33.1 Å². The highest BCUT2D eigenvalue weighted by atomic mass is 127. The van der Waals surface area contributed by atoms with Crippen molar-refractivity contribution in [1.29, 1.82) is 0 Å². The van der Waals surface area contributed by atoms with E-state index in [-0.39, 0.29) is 11.9 Å². The third kappa shape index (κ3) is 2.93. The Morgan fingerprint density at radius 1 is 1.19 bits per heavy atom. The molecule has 0 spiro atoms. The smallest absolute Gasteiger partial charge is 0.251 e. The van der Waals surface area contributed by atoms with Crippen LogP contribution in [0.2, 0.25) is 5.02 Å². The third-order valence-electron chi connectivity index (χ3n) is 3.72. The Kier molecular flexibility index (Phi) is 4.19. The second kappa shape index (κ2) is 5.94. The Morgan fingerprint density at radius 3 is 2.67 bits per heavy atom. The summed E-state index contributed by atoms with van der Waals surface area (Å²) in [6.07, 6.45) is 0.867. The monoisotopic (exact) mass is 412 g/mol. The summed E-state index contributed by atoms with van der Waals surface area (Å²) in [7, 11) is 0. The molecule has 1 aliphatic heterocycles. The molecular weight excluding hydrogens is 399 g/mol. The molecule has 1 unspecified atom stereocenters. The molecule has 108 valence electrons. The molecule has 0 fully saturated rings. The average molecular weight is 413 g/mol. The minimum absolute atomic E-state index is 0.0223. The molecule has 0 saturated heterocycles. The molecule has 0 aromatic heterocycles. The van der Waals surface area contributed by atoms with Crippen molar-refractivity contribution in [2.45, 2.75) is 12.5 Å². The van der Waals surface area contributed by atoms with E-state index < -0.39 is 0 Å². The standard InChI is InChI=1S/C16H14ClIN2O/c17-13-8-11(3-4-14(13)18)15(19)10-2-1-9-5-6-20-16(21)12(9)7-10/h1-4,7-8,15H,5-6,19H2,(H,20,21). The molecule has 0 bridgehead atoms. The van der Waals surface area contributed by atoms with Crippen molar-refractivity contribution in [3.05, 3.63) is 67.2 Å². The number of rotatable bonds is 2. The van der Waals surface area contributed by atoms with Crippen molar-refractivity contribution < 1.29 is 4.79 Å². The largest absolute Gasteiger partial charge is 0.352 e. The highest BCUT2D eigenvalue weighted by Gasteiger charge is 2.19. The molecule has 2 aromatic rings. The Bertz CT molecular complexity index is 717. The second-order valence-corrected chi connectivity index (χ2v) is 6.64. The maximum atomic E-state index is 11.9. The lowest BCUT2D eigenvalue weighted by Crippen LogP contribution is -2.32. The summed E-state index contributed by atoms with van der Waals surface area (Å²) >= 11 is 8.34. The second-order valence-electron chi connectivity index (χ2n) is 5.07. The molecule has 1 atom stereocenters. The Morgan fingerprint density at radius 2 is 1.90 bits per heavy atom. The molecule has 1 heterocycles. The van der Waals surface area contributed by atoms with Crippen LogP contribution in [0.15, 0.2) is 36.4 Å². The van der Waals surface area contributed by atoms with Crippen LogP contribution >= 0.6 is 34.2 Å². The van der Waals surface area contributed by atoms with Gasteiger partial charge in [0.15, 0.2) is 0 Å². The Labute approximate surface area is 142 Å². The summed E-state index contributed by atoms with van der Waals surface area (Å²) in [6, 6.07) is 11.4. The summed E-state index contributed by atoms with van der Waals surface area (Å²) in [4.78, 5) is 11.9. The lowest BCUT2D eigenvalue weighted by Gasteiger charge is -2.20. The predicted molar refractivity (Wildman–Crippen MR) is 92.7 cm³/mol. The number of nitrogens with one attached hydrogen (secondary N) is 1. The van der Waals surface area contributed by atoms with Crippen LogP contribution in [0.4, 0.5) is 0 Å². The van der Waals surface area contributed by atoms with E-state index in [0.717, 1.165) is 32.2 Å². The molecule has 1 amide bonds. The van der Waals surface area contributed by atoms with Crippen molar-refractivity contribution in [3.63, 3.8) is 0 Å². The fraction of sp³-hybridized carbons (Fsp3) is 0.188. The average Bonchev–Trinajstić information content (AvgIpc) is 2.49. The number of nitrogens with two attached hydrogens (primary N) is 1. The van der Waals surface area contributed by atoms with Crippen LogP contribution in [-0.2, 0) is 6.42 Å². The van der Waals surface area contributed by atoms with E-state index >= 15 is 0 Å². The van der Waals surface area contributed by atoms with Crippen molar-refractivity contribution >= 4 is 40.1 Å². The van der Waals surface area contributed by atoms with Gasteiger partial charge in [-0.05, 0) is 63.9 Å². The molecule has 3 rings (SSSR count). The summed E-state index contributed by atoms with van der Waals surface area (Å²) in [6.45, 7) is 0.698. The van der Waals surface area contributed by atoms with Gasteiger partial charge >= 0.3 is 0 Å². The minimum atomic E-state index is -0.292. The molecule has 21 heavy (non-hydrogen) atoms. The Hall–Kier alpha value is -1.11. The van der Waals surface area contributed by atoms with Gasteiger partial charge in [0.2, 0.25) is 0 Å². The van der Waals surface area contributed by atoms with Gasteiger partial charge in [-0.15, -0.1) is 0 Å². The van der Waals surface area contributed by atoms with E-state index in [1.54, 1.807) is 0 Å². The van der Waals surface area contributed by atoms with Gasteiger partial charge in [-0.25, -0.2) is 0 Å². The number of amides is 1. The van der Waals surface area contributed by atoms with Gasteiger partial charge in [0.25, 0.3) is 5.91 Å². The molecular formula is C16H14ClIN2O. The van der Waals surface area contributed by atoms with Gasteiger partial charge in [-0.3, -0.25) is 4.79 Å². The Balaban J connectivity index is 1.98. The summed E-state index contributed by atoms with van der Waals surface area (Å²) in [5, 5.41) is 3.55. The topological polar surface area (TPSA) is 55.1 Å². The van der Waals surface area contributed by atoms with Crippen LogP contribution < -0.4 is 11.1 Å². The van der Waals surface area contributed by atoms with E-state index in [1.807, 2.05) is 36.4 Å². The predicted octanol–water partition coefficient (Wildman–Crippen LogP) is 3.28. The molecule has 0 aliphatic carbocycles. The van der Waals surface area contributed by atoms with Gasteiger partial charge < -0.3 is 11.1 Å². The first-order valence-corrected chi connectivity index (χ1v) is 8.13. The van der Waals surface area contributed by atoms with E-state index in [1.165, 1.54) is 0 Å². The zero-order chi connectivity index (χ0) is 15.0. The van der Waals surface area contributed by atoms with Crippen LogP contribution in [0.3, 0.4) is 0 Å². The summed E-state index contributed by atoms with van der Waals surface area (Å²) < 4.78 is 0.995. The van der Waals surface area contributed by atoms with Gasteiger partial charge in [0.05, 0.1) is 11.1 Å². The summed E-state index contributed by atoms with van der Waals surface area (Å²) in [5.74, 6) is -0.0223. The van der Waals surface area contributed by atoms with E-state index in [2.05, 4.69) is 27.9 Å². The number of hydrogen-bond donors (Lipinski definition) is 2. The minimum Gasteiger partial charge on any atom is -0.352 e. The maximum absolute atomic E-state index is 11.9. The number of hydrogen-bond acceptors (Lipinski definition) is 2. The highest BCUT2D eigenvalue weighted by molar-refractivity contribution is 14.1. The quantitative estimate of drug-likeness (QED) is 0.744. The van der Waals surface area contributed by atoms with Crippen molar-refractivity contribution in [3.8, 4) is 0 Å². The van der Waals surface area contributed by atoms with Crippen LogP contribution in [-0.4, -0.2) is 12.5 Å². The number of carbonyl (C=O) groups is 1. The van der Waals surface area contributed by atoms with E-state index in [0.29, 0.717) is 11.6 Å². The van der Waals surface area contributed by atoms with Gasteiger partial charge in [0, 0.05) is 15.7 Å². The fourth-order valence-corrected chi connectivity index (χ4v) is 3.05. The molecule has 5 heteroatoms. The SMILES string of the molecule is NC(c1ccc(I)c(Cl)c1)c1ccc2c(c1)C(=O)NCC2. The first-order valence-electron chi connectivity index (χ1n) is 6.68. The van der Waals surface area contributed by atoms with Crippen molar-refractivity contribution in [2.24, 2.45) is 5.73 Å². The first-order chi connectivity index (χ1) is 10.1. The molecule has 1 aliphatic rings. The number of benzene rings is 2. The van der Waals surface area contributed by atoms with Gasteiger partial charge in [-0.1, -0.05) is 29.8 Å². The summed E-state index contributed by atoms with van der Waals surface area (Å²) in [5.41, 5.74) is 9.99. The van der Waals surface area contributed by atoms with E-state index in [4.69, 9.17) is 17.3 Å². The zero-order valence-electron chi connectivity index (χ0n) is 11.2. The molecule has 0 radical (unpaired) electrons. The lowest BCUT2D eigenvalue weighted by molar-refractivity contribution is 0.0946. The molecule has 2 aromatic carbocycles. The number of halogens is 2. The van der Waals surface area contributed by atoms with Crippen molar-refractivity contribution in [2.75, 3.05) is 6.54 Å². The fourth-order valence-electron chi connectivity index (χ4n) is 2.52. The first kappa shape index (κ1) is 14.8. The maximum Gasteiger partial charge on any atom is 0.251 e. The van der Waals surface area contributed by atoms with Crippen LogP contribution in [0.5, 0.6) is 0 Å². The van der Waals surface area contributed by atoms with Crippen molar-refractivity contribution in [1.82, 2.24) is 5.32 Å². The number of fused-ring (bicyclic) bond motifs is 1. The molecule has 3 nitrogen and oxygen atoms in total. The normalized spacial score (nSPS) is 15.3. The van der Waals surface area contributed by atoms with Gasteiger partial charge in [0.1, 0.15) is 0 Å². The van der Waals surface area contributed by atoms with E-state index in [9.17, 15) is 4.79 Å². The zero-order valence-corrected chi connectivity index (χ0v) is 14.1. The van der Waals surface area contributed by atoms with Crippen LogP contribution in [0, 0.1) is 3.57 Å². The van der Waals surface area contributed by atoms with Crippen LogP contribution in [0.25, 0.3) is 0 Å². The van der Waals surface area contributed by atoms with Gasteiger partial charge in [-0.2, -0.15) is 0 Å². The third-order valence-corrected chi connectivity index (χ3v) is 5.29. The molecule has 0 saturated carbocycles. The highest BCUT2D eigenvalue weighted by Crippen LogP contribution is 2.27.